The highest BCUT2D eigenvalue weighted by Gasteiger charge is 2.45. The largest absolute Gasteiger partial charge is 0.408 e. The second-order valence-electron chi connectivity index (χ2n) is 6.47. The summed E-state index contributed by atoms with van der Waals surface area (Å²) in [4.78, 5) is 23.4. The first-order valence-corrected chi connectivity index (χ1v) is 8.02. The molecule has 1 fully saturated rings. The molecule has 5 nitrogen and oxygen atoms in total. The Hall–Kier alpha value is -1.31. The maximum atomic E-state index is 13.2. The Labute approximate surface area is 134 Å². The van der Waals surface area contributed by atoms with Crippen LogP contribution in [0, 0.1) is 11.8 Å². The molecule has 0 aromatic carbocycles. The quantitative estimate of drug-likeness (QED) is 0.690. The molecule has 1 saturated carbocycles. The summed E-state index contributed by atoms with van der Waals surface area (Å²) >= 11 is 0. The second kappa shape index (κ2) is 8.52. The second-order valence-corrected chi connectivity index (χ2v) is 6.47. The molecule has 2 atom stereocenters. The summed E-state index contributed by atoms with van der Waals surface area (Å²) in [5, 5.41) is 4.31. The van der Waals surface area contributed by atoms with Crippen molar-refractivity contribution in [3.8, 4) is 0 Å². The van der Waals surface area contributed by atoms with Gasteiger partial charge in [0.1, 0.15) is 6.04 Å². The number of nitrogens with two attached hydrogens (primary N) is 1. The van der Waals surface area contributed by atoms with Crippen LogP contribution in [-0.4, -0.2) is 36.6 Å². The molecule has 0 aliphatic heterocycles. The van der Waals surface area contributed by atoms with E-state index in [4.69, 9.17) is 5.73 Å². The molecule has 134 valence electrons. The van der Waals surface area contributed by atoms with Crippen LogP contribution in [0.15, 0.2) is 0 Å². The molecule has 0 aromatic heterocycles. The summed E-state index contributed by atoms with van der Waals surface area (Å²) in [6.45, 7) is 2.98. The van der Waals surface area contributed by atoms with Gasteiger partial charge in [0, 0.05) is 0 Å². The summed E-state index contributed by atoms with van der Waals surface area (Å²) in [5.41, 5.74) is 5.61. The van der Waals surface area contributed by atoms with Gasteiger partial charge >= 0.3 is 6.18 Å². The van der Waals surface area contributed by atoms with Gasteiger partial charge in [-0.25, -0.2) is 0 Å². The fourth-order valence-electron chi connectivity index (χ4n) is 2.75. The first kappa shape index (κ1) is 19.7. The van der Waals surface area contributed by atoms with E-state index < -0.39 is 42.5 Å². The monoisotopic (exact) mass is 337 g/mol. The minimum Gasteiger partial charge on any atom is -0.346 e. The van der Waals surface area contributed by atoms with Crippen molar-refractivity contribution in [3.05, 3.63) is 0 Å². The molecule has 0 bridgehead atoms. The summed E-state index contributed by atoms with van der Waals surface area (Å²) in [6.07, 6.45) is -1.17. The number of halogens is 3. The van der Waals surface area contributed by atoms with Crippen molar-refractivity contribution in [3.63, 3.8) is 0 Å². The van der Waals surface area contributed by atoms with Gasteiger partial charge in [-0.2, -0.15) is 13.2 Å². The SMILES string of the molecule is CC(C)[C@H](N)C(=O)NCC(=O)NC(C1CCCCC1)C(F)(F)F. The van der Waals surface area contributed by atoms with Gasteiger partial charge in [0.05, 0.1) is 12.6 Å². The fraction of sp³-hybridized carbons (Fsp3) is 0.867. The van der Waals surface area contributed by atoms with E-state index in [0.717, 1.165) is 19.3 Å². The van der Waals surface area contributed by atoms with Crippen LogP contribution >= 0.6 is 0 Å². The number of amides is 2. The van der Waals surface area contributed by atoms with Crippen LogP contribution in [0.5, 0.6) is 0 Å². The molecule has 23 heavy (non-hydrogen) atoms. The zero-order valence-corrected chi connectivity index (χ0v) is 13.6. The summed E-state index contributed by atoms with van der Waals surface area (Å²) < 4.78 is 39.5. The van der Waals surface area contributed by atoms with E-state index >= 15 is 0 Å². The average molecular weight is 337 g/mol. The molecule has 0 heterocycles. The van der Waals surface area contributed by atoms with Crippen molar-refractivity contribution < 1.29 is 22.8 Å². The Morgan fingerprint density at radius 1 is 1.17 bits per heavy atom. The molecule has 1 rings (SSSR count). The highest BCUT2D eigenvalue weighted by molar-refractivity contribution is 5.87. The lowest BCUT2D eigenvalue weighted by molar-refractivity contribution is -0.174. The number of carbonyl (C=O) groups excluding carboxylic acids is 2. The van der Waals surface area contributed by atoms with Gasteiger partial charge in [0.2, 0.25) is 11.8 Å². The van der Waals surface area contributed by atoms with Gasteiger partial charge in [-0.3, -0.25) is 9.59 Å². The lowest BCUT2D eigenvalue weighted by Gasteiger charge is -2.32. The van der Waals surface area contributed by atoms with E-state index in [2.05, 4.69) is 5.32 Å². The predicted molar refractivity (Wildman–Crippen MR) is 80.4 cm³/mol. The van der Waals surface area contributed by atoms with Crippen molar-refractivity contribution >= 4 is 11.8 Å². The van der Waals surface area contributed by atoms with Crippen LogP contribution in [0.1, 0.15) is 46.0 Å². The molecule has 0 spiro atoms. The molecule has 1 unspecified atom stereocenters. The first-order valence-electron chi connectivity index (χ1n) is 8.02. The highest BCUT2D eigenvalue weighted by Crippen LogP contribution is 2.34. The Morgan fingerprint density at radius 2 is 1.74 bits per heavy atom. The maximum absolute atomic E-state index is 13.2. The molecule has 8 heteroatoms. The Morgan fingerprint density at radius 3 is 2.22 bits per heavy atom. The number of hydrogen-bond acceptors (Lipinski definition) is 3. The molecule has 1 aliphatic carbocycles. The normalized spacial score (nSPS) is 19.3. The lowest BCUT2D eigenvalue weighted by Crippen LogP contribution is -2.54. The van der Waals surface area contributed by atoms with Gasteiger partial charge in [0.15, 0.2) is 0 Å². The molecular weight excluding hydrogens is 311 g/mol. The van der Waals surface area contributed by atoms with Crippen molar-refractivity contribution in [1.29, 1.82) is 0 Å². The van der Waals surface area contributed by atoms with Crippen LogP contribution in [-0.2, 0) is 9.59 Å². The van der Waals surface area contributed by atoms with E-state index in [1.807, 2.05) is 5.32 Å². The molecule has 4 N–H and O–H groups in total. The third kappa shape index (κ3) is 6.37. The third-order valence-corrected chi connectivity index (χ3v) is 4.23. The minimum atomic E-state index is -4.49. The van der Waals surface area contributed by atoms with Crippen molar-refractivity contribution in [2.75, 3.05) is 6.54 Å². The van der Waals surface area contributed by atoms with Crippen LogP contribution in [0.3, 0.4) is 0 Å². The van der Waals surface area contributed by atoms with E-state index in [-0.39, 0.29) is 5.92 Å². The zero-order chi connectivity index (χ0) is 17.6. The first-order chi connectivity index (χ1) is 10.6. The van der Waals surface area contributed by atoms with Crippen molar-refractivity contribution in [1.82, 2.24) is 10.6 Å². The molecule has 1 aliphatic rings. The predicted octanol–water partition coefficient (Wildman–Crippen LogP) is 1.71. The van der Waals surface area contributed by atoms with E-state index in [1.54, 1.807) is 13.8 Å². The standard InChI is InChI=1S/C15H26F3N3O2/c1-9(2)12(19)14(23)20-8-11(22)21-13(15(16,17)18)10-6-4-3-5-7-10/h9-10,12-13H,3-8,19H2,1-2H3,(H,20,23)(H,21,22)/t12-,13?/m0/s1. The number of hydrogen-bond donors (Lipinski definition) is 3. The van der Waals surface area contributed by atoms with E-state index in [1.165, 1.54) is 0 Å². The third-order valence-electron chi connectivity index (χ3n) is 4.23. The fourth-order valence-corrected chi connectivity index (χ4v) is 2.75. The summed E-state index contributed by atoms with van der Waals surface area (Å²) in [7, 11) is 0. The number of nitrogens with one attached hydrogen (secondary N) is 2. The minimum absolute atomic E-state index is 0.122. The molecule has 0 saturated heterocycles. The molecule has 2 amide bonds. The van der Waals surface area contributed by atoms with E-state index in [0.29, 0.717) is 12.8 Å². The van der Waals surface area contributed by atoms with Crippen LogP contribution in [0.25, 0.3) is 0 Å². The summed E-state index contributed by atoms with van der Waals surface area (Å²) in [6, 6.07) is -2.65. The molecule has 0 radical (unpaired) electrons. The van der Waals surface area contributed by atoms with Crippen molar-refractivity contribution in [2.45, 2.75) is 64.2 Å². The van der Waals surface area contributed by atoms with Gasteiger partial charge in [-0.05, 0) is 24.7 Å². The topological polar surface area (TPSA) is 84.2 Å². The van der Waals surface area contributed by atoms with Gasteiger partial charge in [0.25, 0.3) is 0 Å². The smallest absolute Gasteiger partial charge is 0.346 e. The number of rotatable bonds is 6. The lowest BCUT2D eigenvalue weighted by atomic mass is 9.83. The van der Waals surface area contributed by atoms with Gasteiger partial charge in [-0.15, -0.1) is 0 Å². The van der Waals surface area contributed by atoms with Crippen molar-refractivity contribution in [2.24, 2.45) is 17.6 Å². The van der Waals surface area contributed by atoms with Gasteiger partial charge in [-0.1, -0.05) is 33.1 Å². The van der Waals surface area contributed by atoms with Crippen LogP contribution < -0.4 is 16.4 Å². The van der Waals surface area contributed by atoms with E-state index in [9.17, 15) is 22.8 Å². The number of carbonyl (C=O) groups is 2. The van der Waals surface area contributed by atoms with Gasteiger partial charge < -0.3 is 16.4 Å². The van der Waals surface area contributed by atoms with Crippen LogP contribution in [0.2, 0.25) is 0 Å². The average Bonchev–Trinajstić information content (AvgIpc) is 2.49. The summed E-state index contributed by atoms with van der Waals surface area (Å²) in [5.74, 6) is -2.11. The Kier molecular flexibility index (Phi) is 7.31. The molecular formula is C15H26F3N3O2. The zero-order valence-electron chi connectivity index (χ0n) is 13.6. The Balaban J connectivity index is 2.55. The number of alkyl halides is 3. The van der Waals surface area contributed by atoms with Crippen LogP contribution in [0.4, 0.5) is 13.2 Å². The molecule has 0 aromatic rings. The highest BCUT2D eigenvalue weighted by atomic mass is 19.4. The maximum Gasteiger partial charge on any atom is 0.408 e. The Bertz CT molecular complexity index is 407.